The molecule has 2 amide bonds. The van der Waals surface area contributed by atoms with Crippen LogP contribution in [-0.4, -0.2) is 46.4 Å². The molecule has 1 aliphatic rings. The van der Waals surface area contributed by atoms with Crippen molar-refractivity contribution in [2.75, 3.05) is 12.3 Å². The van der Waals surface area contributed by atoms with E-state index in [9.17, 15) is 24.6 Å². The largest absolute Gasteiger partial charge is 0.478 e. The Bertz CT molecular complexity index is 1710. The lowest BCUT2D eigenvalue weighted by atomic mass is 9.99. The quantitative estimate of drug-likeness (QED) is 0.0715. The van der Waals surface area contributed by atoms with Gasteiger partial charge in [0, 0.05) is 49.1 Å². The van der Waals surface area contributed by atoms with Crippen molar-refractivity contribution in [3.05, 3.63) is 125 Å². The van der Waals surface area contributed by atoms with Crippen LogP contribution in [0.5, 0.6) is 0 Å². The number of hydrogen-bond acceptors (Lipinski definition) is 7. The van der Waals surface area contributed by atoms with E-state index in [1.54, 1.807) is 23.9 Å². The van der Waals surface area contributed by atoms with Gasteiger partial charge in [-0.1, -0.05) is 73.2 Å². The molecule has 5 rings (SSSR count). The average Bonchev–Trinajstić information content (AvgIpc) is 3.14. The number of nitrogens with one attached hydrogen (secondary N) is 2. The van der Waals surface area contributed by atoms with Gasteiger partial charge in [0.1, 0.15) is 0 Å². The summed E-state index contributed by atoms with van der Waals surface area (Å²) in [5, 5.41) is 24.5. The molecule has 1 aliphatic heterocycles. The molecule has 3 atom stereocenters. The predicted octanol–water partition coefficient (Wildman–Crippen LogP) is 7.19. The first kappa shape index (κ1) is 36.8. The highest BCUT2D eigenvalue weighted by molar-refractivity contribution is 7.99. The Morgan fingerprint density at radius 1 is 0.800 bits per heavy atom. The van der Waals surface area contributed by atoms with Crippen molar-refractivity contribution in [2.45, 2.75) is 75.6 Å². The van der Waals surface area contributed by atoms with Gasteiger partial charge in [0.15, 0.2) is 6.29 Å². The first-order chi connectivity index (χ1) is 24.3. The fraction of sp³-hybridized carbons (Fsp3) is 0.325. The van der Waals surface area contributed by atoms with Crippen molar-refractivity contribution in [2.24, 2.45) is 0 Å². The van der Waals surface area contributed by atoms with Gasteiger partial charge in [-0.15, -0.1) is 11.8 Å². The number of aliphatic hydroxyl groups is 1. The topological polar surface area (TPSA) is 134 Å². The summed E-state index contributed by atoms with van der Waals surface area (Å²) in [4.78, 5) is 35.6. The van der Waals surface area contributed by atoms with Crippen LogP contribution in [0.25, 0.3) is 11.1 Å². The number of hydrogen-bond donors (Lipinski definition) is 4. The van der Waals surface area contributed by atoms with Crippen molar-refractivity contribution in [3.8, 4) is 11.1 Å². The third kappa shape index (κ3) is 11.0. The Morgan fingerprint density at radius 2 is 1.54 bits per heavy atom. The van der Waals surface area contributed by atoms with Gasteiger partial charge < -0.3 is 30.3 Å². The van der Waals surface area contributed by atoms with Gasteiger partial charge in [0.05, 0.1) is 24.4 Å². The molecule has 0 bridgehead atoms. The van der Waals surface area contributed by atoms with E-state index in [4.69, 9.17) is 9.47 Å². The fourth-order valence-corrected chi connectivity index (χ4v) is 6.66. The third-order valence-electron chi connectivity index (χ3n) is 8.54. The number of carbonyl (C=O) groups is 3. The Balaban J connectivity index is 1.20. The number of unbranched alkanes of at least 4 members (excludes halogenated alkanes) is 2. The minimum Gasteiger partial charge on any atom is -0.478 e. The number of benzene rings is 4. The molecule has 0 unspecified atom stereocenters. The molecular weight excluding hydrogens is 653 g/mol. The Kier molecular flexibility index (Phi) is 13.6. The van der Waals surface area contributed by atoms with E-state index >= 15 is 0 Å². The fourth-order valence-electron chi connectivity index (χ4n) is 5.74. The van der Waals surface area contributed by atoms with Gasteiger partial charge in [-0.05, 0) is 71.0 Å². The normalized spacial score (nSPS) is 17.2. The number of aliphatic hydroxyl groups excluding tert-OH is 1. The number of ether oxygens (including phenoxy) is 2. The summed E-state index contributed by atoms with van der Waals surface area (Å²) >= 11 is 1.62. The molecule has 0 radical (unpaired) electrons. The SMILES string of the molecule is CC(=O)NCCCCCC(=O)NCc1cccc(-c2ccc([C@@H]3O[C@H](CSc4ccc(C(=O)O)cc4)C[C@H](c4ccc(CO)cc4)O3)cc2)c1. The molecule has 0 saturated carbocycles. The first-order valence-corrected chi connectivity index (χ1v) is 17.9. The summed E-state index contributed by atoms with van der Waals surface area (Å²) in [6.45, 7) is 2.57. The molecule has 1 fully saturated rings. The second-order valence-electron chi connectivity index (χ2n) is 12.4. The number of aromatic carboxylic acids is 1. The zero-order chi connectivity index (χ0) is 35.3. The Morgan fingerprint density at radius 3 is 2.24 bits per heavy atom. The molecule has 1 saturated heterocycles. The number of carboxylic acid groups (broad SMARTS) is 1. The zero-order valence-corrected chi connectivity index (χ0v) is 29.0. The molecule has 262 valence electrons. The van der Waals surface area contributed by atoms with Crippen LogP contribution >= 0.6 is 11.8 Å². The second-order valence-corrected chi connectivity index (χ2v) is 13.5. The number of carboxylic acids is 1. The smallest absolute Gasteiger partial charge is 0.335 e. The van der Waals surface area contributed by atoms with Crippen LogP contribution in [0.2, 0.25) is 0 Å². The van der Waals surface area contributed by atoms with E-state index in [1.165, 1.54) is 6.92 Å². The van der Waals surface area contributed by atoms with Gasteiger partial charge in [-0.3, -0.25) is 9.59 Å². The summed E-state index contributed by atoms with van der Waals surface area (Å²) in [6.07, 6.45) is 2.71. The molecule has 9 nitrogen and oxygen atoms in total. The zero-order valence-electron chi connectivity index (χ0n) is 28.2. The maximum absolute atomic E-state index is 12.4. The highest BCUT2D eigenvalue weighted by atomic mass is 32.2. The molecule has 0 spiro atoms. The van der Waals surface area contributed by atoms with Crippen LogP contribution < -0.4 is 10.6 Å². The van der Waals surface area contributed by atoms with Gasteiger partial charge in [-0.25, -0.2) is 4.79 Å². The minimum absolute atomic E-state index is 0.0159. The number of amides is 2. The van der Waals surface area contributed by atoms with Crippen molar-refractivity contribution < 1.29 is 34.1 Å². The predicted molar refractivity (Wildman–Crippen MR) is 193 cm³/mol. The lowest BCUT2D eigenvalue weighted by Gasteiger charge is -2.36. The number of thioether (sulfide) groups is 1. The number of rotatable bonds is 16. The Labute approximate surface area is 297 Å². The van der Waals surface area contributed by atoms with Crippen molar-refractivity contribution in [1.29, 1.82) is 0 Å². The lowest BCUT2D eigenvalue weighted by molar-refractivity contribution is -0.245. The monoisotopic (exact) mass is 696 g/mol. The summed E-state index contributed by atoms with van der Waals surface area (Å²) in [5.41, 5.74) is 6.08. The lowest BCUT2D eigenvalue weighted by Crippen LogP contribution is -2.31. The summed E-state index contributed by atoms with van der Waals surface area (Å²) in [6, 6.07) is 30.9. The minimum atomic E-state index is -0.950. The van der Waals surface area contributed by atoms with E-state index in [2.05, 4.69) is 16.7 Å². The summed E-state index contributed by atoms with van der Waals surface area (Å²) in [7, 11) is 0. The van der Waals surface area contributed by atoms with Gasteiger partial charge >= 0.3 is 5.97 Å². The van der Waals surface area contributed by atoms with Crippen LogP contribution in [0.4, 0.5) is 0 Å². The van der Waals surface area contributed by atoms with Crippen LogP contribution in [0.3, 0.4) is 0 Å². The van der Waals surface area contributed by atoms with E-state index in [-0.39, 0.29) is 36.2 Å². The standard InChI is InChI=1S/C40H44N2O7S/c1-27(44)41-21-4-2-3-8-38(45)42-24-29-6-5-7-34(22-29)30-13-15-33(16-14-30)40-48-35(26-50-36-19-17-32(18-20-36)39(46)47)23-37(49-40)31-11-9-28(25-43)10-12-31/h5-7,9-20,22,35,37,40,43H,2-4,8,21,23-26H2,1H3,(H,41,44)(H,42,45)(H,46,47)/t35-,37+,40+/m0/s1. The highest BCUT2D eigenvalue weighted by Gasteiger charge is 2.32. The molecule has 1 heterocycles. The molecule has 50 heavy (non-hydrogen) atoms. The molecule has 4 N–H and O–H groups in total. The average molecular weight is 697 g/mol. The van der Waals surface area contributed by atoms with Crippen LogP contribution in [0, 0.1) is 0 Å². The van der Waals surface area contributed by atoms with Crippen molar-refractivity contribution in [1.82, 2.24) is 10.6 Å². The van der Waals surface area contributed by atoms with Crippen LogP contribution in [0.15, 0.2) is 102 Å². The highest BCUT2D eigenvalue weighted by Crippen LogP contribution is 2.40. The molecule has 4 aromatic rings. The van der Waals surface area contributed by atoms with Crippen LogP contribution in [0.1, 0.15) is 84.0 Å². The summed E-state index contributed by atoms with van der Waals surface area (Å²) in [5.74, 6) is -0.303. The van der Waals surface area contributed by atoms with Gasteiger partial charge in [0.25, 0.3) is 0 Å². The molecule has 10 heteroatoms. The van der Waals surface area contributed by atoms with Gasteiger partial charge in [0.2, 0.25) is 11.8 Å². The molecule has 0 aromatic heterocycles. The van der Waals surface area contributed by atoms with E-state index in [0.29, 0.717) is 31.7 Å². The van der Waals surface area contributed by atoms with Gasteiger partial charge in [-0.2, -0.15) is 0 Å². The Hall–Kier alpha value is -4.48. The number of carbonyl (C=O) groups excluding carboxylic acids is 2. The van der Waals surface area contributed by atoms with E-state index in [0.717, 1.165) is 57.5 Å². The second kappa shape index (κ2) is 18.5. The molecular formula is C40H44N2O7S. The maximum Gasteiger partial charge on any atom is 0.335 e. The van der Waals surface area contributed by atoms with Crippen molar-refractivity contribution in [3.63, 3.8) is 0 Å². The third-order valence-corrected chi connectivity index (χ3v) is 9.68. The maximum atomic E-state index is 12.4. The van der Waals surface area contributed by atoms with Crippen molar-refractivity contribution >= 4 is 29.5 Å². The molecule has 0 aliphatic carbocycles. The van der Waals surface area contributed by atoms with E-state index < -0.39 is 12.3 Å². The van der Waals surface area contributed by atoms with Crippen LogP contribution in [-0.2, 0) is 32.2 Å². The first-order valence-electron chi connectivity index (χ1n) is 16.9. The molecule has 4 aromatic carbocycles. The van der Waals surface area contributed by atoms with E-state index in [1.807, 2.05) is 78.9 Å². The summed E-state index contributed by atoms with van der Waals surface area (Å²) < 4.78 is 13.0.